The smallest absolute Gasteiger partial charge is 0.261 e. The number of fused-ring (bicyclic) bond motifs is 2. The molecule has 1 fully saturated rings. The quantitative estimate of drug-likeness (QED) is 0.662. The highest BCUT2D eigenvalue weighted by Gasteiger charge is 2.38. The second-order valence-corrected chi connectivity index (χ2v) is 7.80. The normalized spacial score (nSPS) is 20.9. The van der Waals surface area contributed by atoms with Crippen molar-refractivity contribution in [3.63, 3.8) is 0 Å². The molecule has 1 aromatic carbocycles. The van der Waals surface area contributed by atoms with Crippen molar-refractivity contribution >= 4 is 10.9 Å². The van der Waals surface area contributed by atoms with Crippen molar-refractivity contribution in [1.29, 1.82) is 0 Å². The maximum atomic E-state index is 13.0. The third kappa shape index (κ3) is 3.28. The predicted molar refractivity (Wildman–Crippen MR) is 107 cm³/mol. The summed E-state index contributed by atoms with van der Waals surface area (Å²) >= 11 is 0. The van der Waals surface area contributed by atoms with E-state index in [-0.39, 0.29) is 5.56 Å². The maximum Gasteiger partial charge on any atom is 0.261 e. The van der Waals surface area contributed by atoms with Gasteiger partial charge in [-0.2, -0.15) is 0 Å². The summed E-state index contributed by atoms with van der Waals surface area (Å²) in [7, 11) is 0. The van der Waals surface area contributed by atoms with Crippen molar-refractivity contribution < 1.29 is 9.47 Å². The van der Waals surface area contributed by atoms with Gasteiger partial charge in [0.25, 0.3) is 5.56 Å². The van der Waals surface area contributed by atoms with E-state index in [0.717, 1.165) is 36.2 Å². The van der Waals surface area contributed by atoms with E-state index >= 15 is 0 Å². The molecule has 0 unspecified atom stereocenters. The lowest BCUT2D eigenvalue weighted by Gasteiger charge is -2.24. The van der Waals surface area contributed by atoms with Crippen molar-refractivity contribution in [1.82, 2.24) is 9.55 Å². The molecule has 0 saturated carbocycles. The van der Waals surface area contributed by atoms with Gasteiger partial charge in [0.15, 0.2) is 5.79 Å². The van der Waals surface area contributed by atoms with Crippen LogP contribution in [0.25, 0.3) is 10.9 Å². The third-order valence-electron chi connectivity index (χ3n) is 5.95. The molecule has 1 aromatic heterocycles. The lowest BCUT2D eigenvalue weighted by atomic mass is 10.00. The maximum absolute atomic E-state index is 13.0. The van der Waals surface area contributed by atoms with Crippen molar-refractivity contribution in [3.05, 3.63) is 51.6 Å². The van der Waals surface area contributed by atoms with Crippen LogP contribution in [-0.2, 0) is 22.4 Å². The molecule has 2 aromatic rings. The van der Waals surface area contributed by atoms with Crippen LogP contribution in [-0.4, -0.2) is 28.6 Å². The second kappa shape index (κ2) is 7.20. The van der Waals surface area contributed by atoms with Gasteiger partial charge >= 0.3 is 0 Å². The molecule has 3 aliphatic rings. The van der Waals surface area contributed by atoms with Crippen LogP contribution in [0, 0.1) is 11.8 Å². The van der Waals surface area contributed by atoms with Gasteiger partial charge in [-0.3, -0.25) is 9.36 Å². The topological polar surface area (TPSA) is 53.4 Å². The molecule has 0 atom stereocenters. The van der Waals surface area contributed by atoms with Crippen LogP contribution in [0.4, 0.5) is 0 Å². The van der Waals surface area contributed by atoms with E-state index in [9.17, 15) is 4.79 Å². The minimum absolute atomic E-state index is 0.0181. The molecule has 1 saturated heterocycles. The SMILES string of the molecule is O=c1c2ccc(C#CC3=CCCCC3)cc2nc2n1CCC1(CC2)OCCO1. The Kier molecular flexibility index (Phi) is 4.54. The summed E-state index contributed by atoms with van der Waals surface area (Å²) in [5, 5.41) is 0.649. The fraction of sp³-hybridized carbons (Fsp3) is 0.478. The van der Waals surface area contributed by atoms with Crippen LogP contribution in [0.2, 0.25) is 0 Å². The van der Waals surface area contributed by atoms with E-state index in [0.29, 0.717) is 38.0 Å². The van der Waals surface area contributed by atoms with Gasteiger partial charge in [0.1, 0.15) is 5.82 Å². The monoisotopic (exact) mass is 376 g/mol. The average molecular weight is 376 g/mol. The molecule has 5 rings (SSSR count). The fourth-order valence-corrected chi connectivity index (χ4v) is 4.37. The van der Waals surface area contributed by atoms with Crippen molar-refractivity contribution in [2.45, 2.75) is 57.3 Å². The molecule has 0 amide bonds. The molecule has 28 heavy (non-hydrogen) atoms. The van der Waals surface area contributed by atoms with Crippen LogP contribution < -0.4 is 5.56 Å². The van der Waals surface area contributed by atoms with Gasteiger partial charge in [0.2, 0.25) is 0 Å². The van der Waals surface area contributed by atoms with Crippen LogP contribution >= 0.6 is 0 Å². The Morgan fingerprint density at radius 2 is 1.96 bits per heavy atom. The molecule has 5 nitrogen and oxygen atoms in total. The zero-order valence-electron chi connectivity index (χ0n) is 16.0. The minimum atomic E-state index is -0.545. The number of nitrogens with zero attached hydrogens (tertiary/aromatic N) is 2. The molecular formula is C23H24N2O3. The zero-order chi connectivity index (χ0) is 19.0. The standard InChI is InChI=1S/C23H24N2O3/c26-22-19-9-8-18(7-6-17-4-2-1-3-5-17)16-20(19)24-21-10-11-23(12-13-25(21)22)27-14-15-28-23/h4,8-9,16H,1-3,5,10-15H2. The average Bonchev–Trinajstić information content (AvgIpc) is 3.11. The van der Waals surface area contributed by atoms with Gasteiger partial charge in [0, 0.05) is 31.4 Å². The lowest BCUT2D eigenvalue weighted by molar-refractivity contribution is -0.165. The van der Waals surface area contributed by atoms with Gasteiger partial charge < -0.3 is 9.47 Å². The highest BCUT2D eigenvalue weighted by molar-refractivity contribution is 5.79. The van der Waals surface area contributed by atoms with Gasteiger partial charge in [-0.1, -0.05) is 17.9 Å². The van der Waals surface area contributed by atoms with Crippen LogP contribution in [0.5, 0.6) is 0 Å². The van der Waals surface area contributed by atoms with Crippen molar-refractivity contribution in [2.24, 2.45) is 0 Å². The molecule has 3 heterocycles. The Morgan fingerprint density at radius 3 is 2.79 bits per heavy atom. The van der Waals surface area contributed by atoms with Gasteiger partial charge in [-0.25, -0.2) is 4.98 Å². The van der Waals surface area contributed by atoms with E-state index in [1.54, 1.807) is 4.57 Å². The molecule has 0 N–H and O–H groups in total. The molecule has 0 radical (unpaired) electrons. The number of benzene rings is 1. The summed E-state index contributed by atoms with van der Waals surface area (Å²) in [6, 6.07) is 5.73. The number of aromatic nitrogens is 2. The first kappa shape index (κ1) is 17.7. The first-order valence-corrected chi connectivity index (χ1v) is 10.2. The largest absolute Gasteiger partial charge is 0.347 e. The molecule has 2 aliphatic heterocycles. The minimum Gasteiger partial charge on any atom is -0.347 e. The summed E-state index contributed by atoms with van der Waals surface area (Å²) in [5.74, 6) is 6.81. The summed E-state index contributed by atoms with van der Waals surface area (Å²) in [4.78, 5) is 17.9. The van der Waals surface area contributed by atoms with Gasteiger partial charge in [0.05, 0.1) is 24.1 Å². The Balaban J connectivity index is 1.49. The second-order valence-electron chi connectivity index (χ2n) is 7.80. The number of hydrogen-bond acceptors (Lipinski definition) is 4. The first-order chi connectivity index (χ1) is 13.7. The highest BCUT2D eigenvalue weighted by atomic mass is 16.7. The Bertz CT molecular complexity index is 1060. The van der Waals surface area contributed by atoms with Crippen molar-refractivity contribution in [2.75, 3.05) is 13.2 Å². The zero-order valence-corrected chi connectivity index (χ0v) is 16.0. The highest BCUT2D eigenvalue weighted by Crippen LogP contribution is 2.31. The molecule has 5 heteroatoms. The van der Waals surface area contributed by atoms with E-state index < -0.39 is 5.79 Å². The summed E-state index contributed by atoms with van der Waals surface area (Å²) < 4.78 is 13.5. The lowest BCUT2D eigenvalue weighted by Crippen LogP contribution is -2.31. The molecular weight excluding hydrogens is 352 g/mol. The summed E-state index contributed by atoms with van der Waals surface area (Å²) in [6.45, 7) is 1.82. The molecule has 144 valence electrons. The molecule has 1 aliphatic carbocycles. The Labute approximate surface area is 164 Å². The molecule has 0 bridgehead atoms. The third-order valence-corrected chi connectivity index (χ3v) is 5.95. The van der Waals surface area contributed by atoms with Crippen molar-refractivity contribution in [3.8, 4) is 11.8 Å². The van der Waals surface area contributed by atoms with Crippen LogP contribution in [0.1, 0.15) is 49.9 Å². The number of allylic oxidation sites excluding steroid dienone is 2. The number of hydrogen-bond donors (Lipinski definition) is 0. The van der Waals surface area contributed by atoms with E-state index in [1.807, 2.05) is 18.2 Å². The van der Waals surface area contributed by atoms with Gasteiger partial charge in [-0.15, -0.1) is 0 Å². The Hall–Kier alpha value is -2.42. The number of ether oxygens (including phenoxy) is 2. The fourth-order valence-electron chi connectivity index (χ4n) is 4.37. The van der Waals surface area contributed by atoms with E-state index in [1.165, 1.54) is 18.4 Å². The molecule has 1 spiro atoms. The van der Waals surface area contributed by atoms with E-state index in [4.69, 9.17) is 14.5 Å². The van der Waals surface area contributed by atoms with Crippen LogP contribution in [0.15, 0.2) is 34.6 Å². The number of rotatable bonds is 0. The first-order valence-electron chi connectivity index (χ1n) is 10.2. The summed E-state index contributed by atoms with van der Waals surface area (Å²) in [6.07, 6.45) is 9.01. The van der Waals surface area contributed by atoms with Crippen LogP contribution in [0.3, 0.4) is 0 Å². The summed E-state index contributed by atoms with van der Waals surface area (Å²) in [5.41, 5.74) is 2.88. The van der Waals surface area contributed by atoms with E-state index in [2.05, 4.69) is 17.9 Å². The van der Waals surface area contributed by atoms with Gasteiger partial charge in [-0.05, 0) is 49.5 Å². The Morgan fingerprint density at radius 1 is 1.07 bits per heavy atom. The number of aryl methyl sites for hydroxylation is 1. The predicted octanol–water partition coefficient (Wildman–Crippen LogP) is 3.33.